The van der Waals surface area contributed by atoms with Crippen LogP contribution < -0.4 is 5.46 Å². The van der Waals surface area contributed by atoms with Crippen LogP contribution in [0.5, 0.6) is 0 Å². The molecule has 27 rings (SSSR count). The van der Waals surface area contributed by atoms with Gasteiger partial charge in [0.05, 0.1) is 78.1 Å². The number of nitrogens with zero attached hydrogens (tertiary/aromatic N) is 8. The van der Waals surface area contributed by atoms with Gasteiger partial charge in [0.2, 0.25) is 5.28 Å². The van der Waals surface area contributed by atoms with Gasteiger partial charge in [-0.15, -0.1) is 0 Å². The van der Waals surface area contributed by atoms with Gasteiger partial charge in [0.15, 0.2) is 5.82 Å². The lowest BCUT2D eigenvalue weighted by molar-refractivity contribution is 0.00578. The van der Waals surface area contributed by atoms with Crippen molar-refractivity contribution in [2.75, 3.05) is 0 Å². The molecule has 0 unspecified atom stereocenters. The summed E-state index contributed by atoms with van der Waals surface area (Å²) in [5.41, 5.74) is 32.3. The first-order valence-electron chi connectivity index (χ1n) is 48.4. The summed E-state index contributed by atoms with van der Waals surface area (Å²) in [6.45, 7) is 8.43. The molecular weight excluding hydrogens is 1750 g/mol. The second-order valence-corrected chi connectivity index (χ2v) is 37.7. The van der Waals surface area contributed by atoms with Gasteiger partial charge in [0.1, 0.15) is 0 Å². The lowest BCUT2D eigenvalue weighted by Gasteiger charge is -2.32. The fourth-order valence-corrected chi connectivity index (χ4v) is 21.4. The van der Waals surface area contributed by atoms with Gasteiger partial charge in [-0.3, -0.25) is 0 Å². The van der Waals surface area contributed by atoms with E-state index in [-0.39, 0.29) is 5.28 Å². The monoisotopic (exact) mass is 1840 g/mol. The number of rotatable bonds is 14. The quantitative estimate of drug-likeness (QED) is 0.0796. The van der Waals surface area contributed by atoms with Crippen LogP contribution in [0.1, 0.15) is 27.7 Å². The Kier molecular flexibility index (Phi) is 21.7. The van der Waals surface area contributed by atoms with E-state index in [0.29, 0.717) is 5.82 Å². The van der Waals surface area contributed by atoms with E-state index in [1.165, 1.54) is 98.8 Å². The lowest BCUT2D eigenvalue weighted by atomic mass is 9.78. The van der Waals surface area contributed by atoms with Crippen LogP contribution in [-0.2, 0) is 9.31 Å². The van der Waals surface area contributed by atoms with Crippen molar-refractivity contribution in [1.82, 2.24) is 38.2 Å². The van der Waals surface area contributed by atoms with Gasteiger partial charge in [-0.05, 0) is 208 Å². The molecule has 0 aliphatic carbocycles. The van der Waals surface area contributed by atoms with E-state index < -0.39 is 18.3 Å². The minimum Gasteiger partial charge on any atom is -0.399 e. The van der Waals surface area contributed by atoms with Gasteiger partial charge in [-0.2, -0.15) is 0 Å². The summed E-state index contributed by atoms with van der Waals surface area (Å²) >= 11 is 6.14. The Balaban J connectivity index is 0.000000122. The summed E-state index contributed by atoms with van der Waals surface area (Å²) < 4.78 is 22.9. The number of para-hydroxylation sites is 6. The van der Waals surface area contributed by atoms with Crippen LogP contribution in [0.25, 0.3) is 232 Å². The van der Waals surface area contributed by atoms with Gasteiger partial charge in [-0.1, -0.05) is 388 Å². The summed E-state index contributed by atoms with van der Waals surface area (Å²) in [7, 11) is -0.447. The first-order valence-corrected chi connectivity index (χ1v) is 48.7. The molecule has 1 fully saturated rings. The van der Waals surface area contributed by atoms with E-state index in [0.717, 1.165) is 133 Å². The summed E-state index contributed by atoms with van der Waals surface area (Å²) in [4.78, 5) is 19.5. The Morgan fingerprint density at radius 2 is 0.570 bits per heavy atom. The minimum absolute atomic E-state index is 0.266. The van der Waals surface area contributed by atoms with Crippen LogP contribution in [-0.4, -0.2) is 56.5 Å². The molecule has 142 heavy (non-hydrogen) atoms. The van der Waals surface area contributed by atoms with Crippen LogP contribution in [0.15, 0.2) is 485 Å². The molecule has 0 atom stereocenters. The molecule has 12 heteroatoms. The van der Waals surface area contributed by atoms with Gasteiger partial charge < -0.3 is 27.6 Å². The molecule has 1 aliphatic rings. The van der Waals surface area contributed by atoms with E-state index in [2.05, 4.69) is 517 Å². The Labute approximate surface area is 827 Å². The predicted molar refractivity (Wildman–Crippen MR) is 593 cm³/mol. The topological polar surface area (TPSA) is 89.7 Å². The van der Waals surface area contributed by atoms with Crippen LogP contribution in [0.4, 0.5) is 0 Å². The number of halogens is 1. The van der Waals surface area contributed by atoms with Gasteiger partial charge in [-0.25, -0.2) is 19.9 Å². The predicted octanol–water partition coefficient (Wildman–Crippen LogP) is 33.3. The highest BCUT2D eigenvalue weighted by atomic mass is 35.5. The first-order chi connectivity index (χ1) is 69.9. The van der Waals surface area contributed by atoms with Crippen molar-refractivity contribution >= 4 is 133 Å². The number of benzene rings is 20. The average Bonchev–Trinajstić information content (AvgIpc) is 1.54. The van der Waals surface area contributed by atoms with Crippen molar-refractivity contribution < 1.29 is 9.31 Å². The Hall–Kier alpha value is -17.4. The molecule has 0 N–H and O–H groups in total. The van der Waals surface area contributed by atoms with Crippen LogP contribution in [0, 0.1) is 0 Å². The third kappa shape index (κ3) is 15.2. The molecule has 20 aromatic carbocycles. The van der Waals surface area contributed by atoms with Crippen molar-refractivity contribution in [3.05, 3.63) is 491 Å². The van der Waals surface area contributed by atoms with E-state index in [1.54, 1.807) is 0 Å². The maximum Gasteiger partial charge on any atom is 0.494 e. The second kappa shape index (κ2) is 35.8. The number of fused-ring (bicyclic) bond motifs is 14. The zero-order chi connectivity index (χ0) is 95.1. The molecule has 7 heterocycles. The highest BCUT2D eigenvalue weighted by molar-refractivity contribution is 6.62. The molecule has 6 aromatic heterocycles. The van der Waals surface area contributed by atoms with Gasteiger partial charge in [0, 0.05) is 93.7 Å². The minimum atomic E-state index is -0.447. The van der Waals surface area contributed by atoms with E-state index >= 15 is 0 Å². The molecule has 0 radical (unpaired) electrons. The smallest absolute Gasteiger partial charge is 0.399 e. The highest BCUT2D eigenvalue weighted by Crippen LogP contribution is 2.52. The summed E-state index contributed by atoms with van der Waals surface area (Å²) in [6, 6.07) is 173. The molecule has 26 aromatic rings. The highest BCUT2D eigenvalue weighted by Gasteiger charge is 2.52. The van der Waals surface area contributed by atoms with Gasteiger partial charge >= 0.3 is 7.12 Å². The molecule has 0 bridgehead atoms. The van der Waals surface area contributed by atoms with E-state index in [1.807, 2.05) is 24.3 Å². The molecular formula is C130H92BClN8O2. The second-order valence-electron chi connectivity index (χ2n) is 37.4. The Bertz CT molecular complexity index is 9300. The molecule has 0 saturated carbocycles. The summed E-state index contributed by atoms with van der Waals surface area (Å²) in [5, 5.41) is 14.3. The van der Waals surface area contributed by atoms with Crippen molar-refractivity contribution in [3.63, 3.8) is 0 Å². The zero-order valence-corrected chi connectivity index (χ0v) is 79.3. The van der Waals surface area contributed by atoms with Crippen molar-refractivity contribution in [3.8, 4) is 124 Å². The third-order valence-corrected chi connectivity index (χ3v) is 28.7. The summed E-state index contributed by atoms with van der Waals surface area (Å²) in [6.07, 6.45) is 0. The standard InChI is InChI=1S/C62H40N4.C44H37BN2O2.C24H15ClN2/c1-5-19-43(20-6-1)57-58-56(66(48-26-11-4-12-27-48)60(57)45-21-7-2-8-22-45)39-37-51-53-40-46(36-38-55(53)65(61(51)58)47-24-9-3-10-25-47)62-63-54-31-16-15-29-52(54)59(64-62)44-34-32-42(33-35-44)50-30-17-23-41-18-13-14-28-49(41)50;1-43(2)44(3,4)49-45(48-43)32-25-27-37-36(29-32)35-26-28-38-40(42(35)46(37)33-21-13-7-14-22-33)39(30-17-9-5-10-18-30)41(31-19-11-6-12-20-31)47(38)34-23-15-8-16-24-34;25-24-26-22-11-4-3-9-21(22)23(27-24)18-14-12-17(13-15-18)20-10-5-7-16-6-1-2-8-19(16)20/h1-40H;5-29H,1-4H3;1-15H. The maximum absolute atomic E-state index is 6.53. The average molecular weight is 1840 g/mol. The molecule has 0 spiro atoms. The molecule has 674 valence electrons. The molecule has 10 nitrogen and oxygen atoms in total. The number of aromatic nitrogens is 8. The SMILES string of the molecule is CC1(C)OB(c2ccc3c(c2)c2ccc4c(c(-c5ccccc5)c(-c5ccccc5)n4-c4ccccc4)c2n3-c2ccccc2)OC1(C)C.Clc1nc(-c2ccc(-c3cccc4ccccc34)cc2)c2ccccc2n1.c1ccc(-c2c(-c3ccccc3)n(-c3ccccc3)c3ccc4c5cc(-c6nc(-c7ccc(-c8cccc9ccccc89)cc7)c7ccccc7n6)ccc5n(-c5ccccc5)c4c23)cc1. The van der Waals surface area contributed by atoms with Crippen LogP contribution in [0.2, 0.25) is 5.28 Å². The number of hydrogen-bond acceptors (Lipinski definition) is 6. The van der Waals surface area contributed by atoms with E-state index in [4.69, 9.17) is 30.9 Å². The maximum atomic E-state index is 6.53. The third-order valence-electron chi connectivity index (χ3n) is 28.5. The van der Waals surface area contributed by atoms with Crippen LogP contribution in [0.3, 0.4) is 0 Å². The van der Waals surface area contributed by atoms with Crippen molar-refractivity contribution in [2.24, 2.45) is 0 Å². The van der Waals surface area contributed by atoms with Gasteiger partial charge in [0.25, 0.3) is 0 Å². The normalized spacial score (nSPS) is 12.9. The molecule has 1 aliphatic heterocycles. The lowest BCUT2D eigenvalue weighted by Crippen LogP contribution is -2.41. The summed E-state index contributed by atoms with van der Waals surface area (Å²) in [5.74, 6) is 0.692. The molecule has 0 amide bonds. The van der Waals surface area contributed by atoms with Crippen LogP contribution >= 0.6 is 11.6 Å². The van der Waals surface area contributed by atoms with E-state index in [9.17, 15) is 0 Å². The van der Waals surface area contributed by atoms with Crippen molar-refractivity contribution in [2.45, 2.75) is 38.9 Å². The largest absolute Gasteiger partial charge is 0.494 e. The number of hydrogen-bond donors (Lipinski definition) is 0. The Morgan fingerprint density at radius 3 is 1.01 bits per heavy atom. The fourth-order valence-electron chi connectivity index (χ4n) is 21.2. The zero-order valence-electron chi connectivity index (χ0n) is 78.5. The first kappa shape index (κ1) is 86.2. The molecule has 1 saturated heterocycles. The van der Waals surface area contributed by atoms with Crippen molar-refractivity contribution in [1.29, 1.82) is 0 Å². The fraction of sp³-hybridized carbons (Fsp3) is 0.0462. The Morgan fingerprint density at radius 1 is 0.239 bits per heavy atom.